The van der Waals surface area contributed by atoms with E-state index in [-0.39, 0.29) is 27.7 Å². The normalized spacial score (nSPS) is 12.0. The number of methoxy groups -OCH3 is 1. The Hall–Kier alpha value is -4.34. The second-order valence-corrected chi connectivity index (χ2v) is 9.11. The predicted molar refractivity (Wildman–Crippen MR) is 142 cm³/mol. The first kappa shape index (κ1) is 25.3. The lowest BCUT2D eigenvalue weighted by Crippen LogP contribution is -2.17. The van der Waals surface area contributed by atoms with Crippen molar-refractivity contribution in [1.29, 1.82) is 0 Å². The highest BCUT2D eigenvalue weighted by Crippen LogP contribution is 2.42. The maximum Gasteiger partial charge on any atom is 0.338 e. The number of fused-ring (bicyclic) bond motifs is 3. The van der Waals surface area contributed by atoms with Gasteiger partial charge in [-0.15, -0.1) is 0 Å². The number of nitrogens with one attached hydrogen (secondary N) is 1. The summed E-state index contributed by atoms with van der Waals surface area (Å²) in [5, 5.41) is 12.4. The Kier molecular flexibility index (Phi) is 6.79. The number of esters is 1. The summed E-state index contributed by atoms with van der Waals surface area (Å²) in [4.78, 5) is 38.8. The molecule has 5 aromatic rings. The number of nitro groups is 1. The van der Waals surface area contributed by atoms with Crippen molar-refractivity contribution in [2.75, 3.05) is 7.11 Å². The molecule has 2 heterocycles. The van der Waals surface area contributed by atoms with Crippen molar-refractivity contribution in [3.8, 4) is 5.75 Å². The lowest BCUT2D eigenvalue weighted by Gasteiger charge is -2.21. The number of non-ortho nitro benzene ring substituents is 1. The molecule has 2 aromatic heterocycles. The number of benzene rings is 3. The summed E-state index contributed by atoms with van der Waals surface area (Å²) in [6.07, 6.45) is 0.220. The smallest absolute Gasteiger partial charge is 0.338 e. The molecule has 9 nitrogen and oxygen atoms in total. The van der Waals surface area contributed by atoms with Crippen LogP contribution in [0.5, 0.6) is 5.75 Å². The Morgan fingerprint density at radius 2 is 1.89 bits per heavy atom. The van der Waals surface area contributed by atoms with E-state index in [0.717, 1.165) is 0 Å². The molecule has 0 fully saturated rings. The predicted octanol–water partition coefficient (Wildman–Crippen LogP) is 6.64. The van der Waals surface area contributed by atoms with Crippen molar-refractivity contribution >= 4 is 56.8 Å². The number of ether oxygens (including phenoxy) is 2. The number of nitro benzene ring substituents is 1. The van der Waals surface area contributed by atoms with E-state index >= 15 is 0 Å². The molecule has 0 aliphatic rings. The van der Waals surface area contributed by atoms with E-state index in [2.05, 4.69) is 4.98 Å². The molecule has 0 amide bonds. The number of rotatable bonds is 7. The van der Waals surface area contributed by atoms with Crippen LogP contribution in [0.2, 0.25) is 10.0 Å². The zero-order valence-electron chi connectivity index (χ0n) is 19.7. The van der Waals surface area contributed by atoms with E-state index in [4.69, 9.17) is 37.1 Å². The number of nitrogens with zero attached hydrogens (tertiary/aromatic N) is 1. The second-order valence-electron chi connectivity index (χ2n) is 8.32. The van der Waals surface area contributed by atoms with Gasteiger partial charge in [0.05, 0.1) is 22.6 Å². The third kappa shape index (κ3) is 4.57. The van der Waals surface area contributed by atoms with Gasteiger partial charge in [-0.25, -0.2) is 4.79 Å². The highest BCUT2D eigenvalue weighted by atomic mass is 35.5. The minimum Gasteiger partial charge on any atom is -0.493 e. The first-order valence-corrected chi connectivity index (χ1v) is 12.0. The topological polar surface area (TPSA) is 125 Å². The molecule has 0 spiro atoms. The molecule has 1 N–H and O–H groups in total. The molecule has 0 radical (unpaired) electrons. The van der Waals surface area contributed by atoms with Crippen molar-refractivity contribution in [3.05, 3.63) is 114 Å². The van der Waals surface area contributed by atoms with Crippen LogP contribution < -0.4 is 10.3 Å². The number of furan rings is 1. The number of hydrogen-bond donors (Lipinski definition) is 1. The molecule has 1 atom stereocenters. The number of H-pyrrole nitrogens is 1. The molecule has 0 bridgehead atoms. The van der Waals surface area contributed by atoms with Crippen LogP contribution in [-0.4, -0.2) is 23.0 Å². The highest BCUT2D eigenvalue weighted by molar-refractivity contribution is 6.35. The van der Waals surface area contributed by atoms with E-state index in [1.165, 1.54) is 31.5 Å². The molecule has 38 heavy (non-hydrogen) atoms. The number of aromatic nitrogens is 1. The van der Waals surface area contributed by atoms with Gasteiger partial charge in [-0.1, -0.05) is 47.5 Å². The van der Waals surface area contributed by atoms with Crippen molar-refractivity contribution in [3.63, 3.8) is 0 Å². The molecule has 0 saturated carbocycles. The maximum atomic E-state index is 13.2. The van der Waals surface area contributed by atoms with Crippen molar-refractivity contribution in [1.82, 2.24) is 4.98 Å². The number of carbonyl (C=O) groups is 1. The Labute approximate surface area is 224 Å². The summed E-state index contributed by atoms with van der Waals surface area (Å²) in [7, 11) is 1.47. The van der Waals surface area contributed by atoms with Gasteiger partial charge in [0, 0.05) is 46.6 Å². The van der Waals surface area contributed by atoms with Crippen LogP contribution in [0.25, 0.3) is 21.9 Å². The van der Waals surface area contributed by atoms with Gasteiger partial charge < -0.3 is 18.9 Å². The molecule has 3 aromatic carbocycles. The van der Waals surface area contributed by atoms with Gasteiger partial charge in [-0.3, -0.25) is 14.9 Å². The summed E-state index contributed by atoms with van der Waals surface area (Å²) >= 11 is 12.7. The maximum absolute atomic E-state index is 13.2. The first-order valence-electron chi connectivity index (χ1n) is 11.3. The number of carbonyl (C=O) groups excluding carboxylic acids is 1. The Balaban J connectivity index is 1.75. The second kappa shape index (κ2) is 10.2. The van der Waals surface area contributed by atoms with Crippen molar-refractivity contribution in [2.45, 2.75) is 12.5 Å². The monoisotopic (exact) mass is 552 g/mol. The van der Waals surface area contributed by atoms with E-state index in [1.54, 1.807) is 42.5 Å². The molecule has 0 aliphatic heterocycles. The van der Waals surface area contributed by atoms with Gasteiger partial charge in [0.15, 0.2) is 11.3 Å². The fourth-order valence-corrected chi connectivity index (χ4v) is 4.80. The zero-order chi connectivity index (χ0) is 27.0. The van der Waals surface area contributed by atoms with Crippen LogP contribution in [0.1, 0.15) is 27.6 Å². The van der Waals surface area contributed by atoms with Crippen molar-refractivity contribution in [2.24, 2.45) is 0 Å². The van der Waals surface area contributed by atoms with Gasteiger partial charge >= 0.3 is 5.97 Å². The summed E-state index contributed by atoms with van der Waals surface area (Å²) in [6, 6.07) is 15.9. The third-order valence-electron chi connectivity index (χ3n) is 6.11. The van der Waals surface area contributed by atoms with Gasteiger partial charge in [-0.05, 0) is 24.3 Å². The number of halogens is 2. The highest BCUT2D eigenvalue weighted by Gasteiger charge is 2.28. The van der Waals surface area contributed by atoms with E-state index < -0.39 is 22.6 Å². The van der Waals surface area contributed by atoms with E-state index in [0.29, 0.717) is 38.8 Å². The van der Waals surface area contributed by atoms with Crippen molar-refractivity contribution < 1.29 is 23.6 Å². The van der Waals surface area contributed by atoms with Crippen LogP contribution in [0.3, 0.4) is 0 Å². The fraction of sp³-hybridized carbons (Fsp3) is 0.111. The van der Waals surface area contributed by atoms with Gasteiger partial charge in [-0.2, -0.15) is 0 Å². The molecule has 1 unspecified atom stereocenters. The summed E-state index contributed by atoms with van der Waals surface area (Å²) in [5.74, 6) is -0.251. The molecule has 0 saturated heterocycles. The molecular formula is C27H18Cl2N2O7. The number of aromatic amines is 1. The molecule has 11 heteroatoms. The lowest BCUT2D eigenvalue weighted by molar-refractivity contribution is -0.384. The minimum atomic E-state index is -1.02. The van der Waals surface area contributed by atoms with Crippen LogP contribution in [-0.2, 0) is 11.2 Å². The van der Waals surface area contributed by atoms with Crippen LogP contribution in [0.4, 0.5) is 5.69 Å². The standard InChI is InChI=1S/C27H18Cl2N2O7/c1-36-21-10-8-16(23-18-11-15(31(34)35)7-9-20(18)37-25(21)23)22(38-27(33)14-5-3-2-4-6-14)12-17-19(28)13-30-26(32)24(17)29/h2-11,13,22H,12H2,1H3,(H,30,32). The average Bonchev–Trinajstić information content (AvgIpc) is 3.31. The van der Waals surface area contributed by atoms with E-state index in [1.807, 2.05) is 0 Å². The van der Waals surface area contributed by atoms with Gasteiger partial charge in [0.25, 0.3) is 11.2 Å². The molecule has 5 rings (SSSR count). The fourth-order valence-electron chi connectivity index (χ4n) is 4.29. The summed E-state index contributed by atoms with van der Waals surface area (Å²) in [6.45, 7) is 0. The Morgan fingerprint density at radius 1 is 1.13 bits per heavy atom. The van der Waals surface area contributed by atoms with E-state index in [9.17, 15) is 19.7 Å². The lowest BCUT2D eigenvalue weighted by atomic mass is 9.96. The zero-order valence-corrected chi connectivity index (χ0v) is 21.2. The minimum absolute atomic E-state index is 0.0663. The average molecular weight is 553 g/mol. The van der Waals surface area contributed by atoms with Gasteiger partial charge in [0.1, 0.15) is 16.7 Å². The SMILES string of the molecule is COc1ccc(C(Cc2c(Cl)c[nH]c(=O)c2Cl)OC(=O)c2ccccc2)c2c1oc1ccc([N+](=O)[O-])cc12. The Bertz CT molecular complexity index is 1760. The number of pyridine rings is 1. The van der Waals surface area contributed by atoms with Crippen LogP contribution in [0.15, 0.2) is 76.1 Å². The van der Waals surface area contributed by atoms with Gasteiger partial charge in [0.2, 0.25) is 0 Å². The number of hydrogen-bond acceptors (Lipinski definition) is 7. The Morgan fingerprint density at radius 3 is 2.61 bits per heavy atom. The van der Waals surface area contributed by atoms with Crippen LogP contribution in [0, 0.1) is 10.1 Å². The first-order chi connectivity index (χ1) is 18.3. The summed E-state index contributed by atoms with van der Waals surface area (Å²) in [5.41, 5.74) is 1.01. The largest absolute Gasteiger partial charge is 0.493 e. The van der Waals surface area contributed by atoms with Crippen LogP contribution >= 0.6 is 23.2 Å². The quantitative estimate of drug-likeness (QED) is 0.136. The third-order valence-corrected chi connectivity index (χ3v) is 6.84. The summed E-state index contributed by atoms with van der Waals surface area (Å²) < 4.78 is 17.4. The molecular weight excluding hydrogens is 535 g/mol. The molecule has 192 valence electrons. The molecule has 0 aliphatic carbocycles.